The van der Waals surface area contributed by atoms with Gasteiger partial charge in [-0.2, -0.15) is 0 Å². The zero-order valence-electron chi connectivity index (χ0n) is 23.4. The van der Waals surface area contributed by atoms with Crippen molar-refractivity contribution in [3.63, 3.8) is 0 Å². The minimum atomic E-state index is 0.733. The van der Waals surface area contributed by atoms with Crippen LogP contribution in [0.5, 0.6) is 0 Å². The molecule has 2 nitrogen and oxygen atoms in total. The van der Waals surface area contributed by atoms with Crippen molar-refractivity contribution in [2.75, 3.05) is 0 Å². The van der Waals surface area contributed by atoms with Crippen LogP contribution >= 0.6 is 0 Å². The Kier molecular flexibility index (Phi) is 14.6. The first kappa shape index (κ1) is 29.6. The summed E-state index contributed by atoms with van der Waals surface area (Å²) in [5, 5.41) is 0. The van der Waals surface area contributed by atoms with Gasteiger partial charge in [0.1, 0.15) is 0 Å². The van der Waals surface area contributed by atoms with Gasteiger partial charge < -0.3 is 0 Å². The van der Waals surface area contributed by atoms with Gasteiger partial charge in [0.25, 0.3) is 0 Å². The summed E-state index contributed by atoms with van der Waals surface area (Å²) in [6, 6.07) is 15.5. The second-order valence-corrected chi connectivity index (χ2v) is 9.83. The lowest BCUT2D eigenvalue weighted by molar-refractivity contribution is 0.709. The van der Waals surface area contributed by atoms with Gasteiger partial charge >= 0.3 is 0 Å². The number of hydrogen-bond donors (Lipinski definition) is 0. The molecule has 2 aromatic rings. The minimum Gasteiger partial charge on any atom is -0.252 e. The third-order valence-corrected chi connectivity index (χ3v) is 6.66. The molecule has 0 spiro atoms. The fourth-order valence-corrected chi connectivity index (χ4v) is 4.55. The summed E-state index contributed by atoms with van der Waals surface area (Å²) in [5.74, 6) is 2.77. The number of benzene rings is 2. The monoisotopic (exact) mass is 484 g/mol. The lowest BCUT2D eigenvalue weighted by Crippen LogP contribution is -2.13. The summed E-state index contributed by atoms with van der Waals surface area (Å²) in [6.07, 6.45) is 21.1. The molecule has 0 fully saturated rings. The van der Waals surface area contributed by atoms with Crippen molar-refractivity contribution >= 4 is 22.8 Å². The summed E-state index contributed by atoms with van der Waals surface area (Å²) in [4.78, 5) is 10.4. The number of aliphatic imine (C=N–C) groups is 2. The van der Waals surface area contributed by atoms with Crippen LogP contribution in [0.1, 0.15) is 115 Å². The molecule has 2 rings (SSSR count). The summed E-state index contributed by atoms with van der Waals surface area (Å²) in [5.41, 5.74) is 8.44. The zero-order valence-corrected chi connectivity index (χ0v) is 23.4. The Hall–Kier alpha value is -2.66. The highest BCUT2D eigenvalue weighted by atomic mass is 14.8. The first-order valence-corrected chi connectivity index (χ1v) is 14.4. The van der Waals surface area contributed by atoms with Gasteiger partial charge in [-0.05, 0) is 86.3 Å². The summed E-state index contributed by atoms with van der Waals surface area (Å²) in [7, 11) is 0. The van der Waals surface area contributed by atoms with Crippen LogP contribution in [0.15, 0.2) is 52.4 Å². The average Bonchev–Trinajstić information content (AvgIpc) is 2.89. The zero-order chi connectivity index (χ0) is 26.0. The highest BCUT2D eigenvalue weighted by molar-refractivity contribution is 6.43. The van der Waals surface area contributed by atoms with Gasteiger partial charge in [-0.15, -0.1) is 12.3 Å². The second-order valence-electron chi connectivity index (χ2n) is 9.83. The van der Waals surface area contributed by atoms with Crippen molar-refractivity contribution in [2.24, 2.45) is 9.98 Å². The first-order valence-electron chi connectivity index (χ1n) is 14.4. The van der Waals surface area contributed by atoms with Crippen LogP contribution < -0.4 is 0 Å². The predicted molar refractivity (Wildman–Crippen MR) is 161 cm³/mol. The largest absolute Gasteiger partial charge is 0.252 e. The summed E-state index contributed by atoms with van der Waals surface area (Å²) >= 11 is 0. The van der Waals surface area contributed by atoms with Crippen LogP contribution in [0, 0.1) is 12.3 Å². The molecule has 194 valence electrons. The summed E-state index contributed by atoms with van der Waals surface area (Å²) < 4.78 is 0. The van der Waals surface area contributed by atoms with Crippen molar-refractivity contribution in [3.05, 3.63) is 59.2 Å². The van der Waals surface area contributed by atoms with Crippen LogP contribution in [0.2, 0.25) is 0 Å². The standard InChI is InChI=1S/C34H48N2/c1-6-11-15-19-28-25-29(20-16-12-7-2)27-31(26-28)35-32(10-5)34(23-14-9-4)36-33-24-18-17-22-30(33)21-13-8-3/h3,17-18,22,24-27H,6-7,9-16,19-21,23H2,1-2,4-5H3. The van der Waals surface area contributed by atoms with Crippen LogP contribution in [-0.4, -0.2) is 11.4 Å². The van der Waals surface area contributed by atoms with Crippen molar-refractivity contribution in [1.82, 2.24) is 0 Å². The number of nitrogens with zero attached hydrogens (tertiary/aromatic N) is 2. The number of rotatable bonds is 17. The van der Waals surface area contributed by atoms with E-state index in [1.807, 2.05) is 0 Å². The van der Waals surface area contributed by atoms with Gasteiger partial charge in [0.2, 0.25) is 0 Å². The molecule has 0 unspecified atom stereocenters. The Morgan fingerprint density at radius 2 is 1.36 bits per heavy atom. The number of terminal acetylenes is 1. The van der Waals surface area contributed by atoms with E-state index in [1.54, 1.807) is 0 Å². The quantitative estimate of drug-likeness (QED) is 0.121. The van der Waals surface area contributed by atoms with Gasteiger partial charge in [0, 0.05) is 6.42 Å². The maximum Gasteiger partial charge on any atom is 0.0666 e. The Morgan fingerprint density at radius 1 is 0.722 bits per heavy atom. The fourth-order valence-electron chi connectivity index (χ4n) is 4.55. The molecular formula is C34H48N2. The Morgan fingerprint density at radius 3 is 1.94 bits per heavy atom. The van der Waals surface area contributed by atoms with E-state index in [0.717, 1.165) is 74.2 Å². The molecule has 0 saturated heterocycles. The molecule has 0 saturated carbocycles. The van der Waals surface area contributed by atoms with Crippen molar-refractivity contribution in [1.29, 1.82) is 0 Å². The molecule has 0 aromatic heterocycles. The van der Waals surface area contributed by atoms with Crippen LogP contribution in [-0.2, 0) is 19.3 Å². The average molecular weight is 485 g/mol. The molecule has 2 aromatic carbocycles. The molecule has 0 heterocycles. The number of unbranched alkanes of at least 4 members (excludes halogenated alkanes) is 5. The summed E-state index contributed by atoms with van der Waals surface area (Å²) in [6.45, 7) is 8.99. The van der Waals surface area contributed by atoms with Crippen molar-refractivity contribution in [2.45, 2.75) is 118 Å². The number of aryl methyl sites for hydroxylation is 3. The van der Waals surface area contributed by atoms with Crippen molar-refractivity contribution < 1.29 is 0 Å². The van der Waals surface area contributed by atoms with E-state index in [9.17, 15) is 0 Å². The Balaban J connectivity index is 2.46. The molecule has 0 radical (unpaired) electrons. The van der Waals surface area contributed by atoms with E-state index in [1.165, 1.54) is 55.2 Å². The fraction of sp³-hybridized carbons (Fsp3) is 0.529. The third-order valence-electron chi connectivity index (χ3n) is 6.66. The third kappa shape index (κ3) is 10.5. The van der Waals surface area contributed by atoms with Crippen LogP contribution in [0.25, 0.3) is 0 Å². The molecule has 0 amide bonds. The van der Waals surface area contributed by atoms with Gasteiger partial charge in [-0.1, -0.05) is 84.1 Å². The maximum atomic E-state index is 5.55. The van der Waals surface area contributed by atoms with E-state index in [4.69, 9.17) is 16.4 Å². The van der Waals surface area contributed by atoms with E-state index in [0.29, 0.717) is 0 Å². The molecule has 2 heteroatoms. The van der Waals surface area contributed by atoms with Gasteiger partial charge in [-0.3, -0.25) is 9.98 Å². The van der Waals surface area contributed by atoms with E-state index in [2.05, 4.69) is 76.1 Å². The topological polar surface area (TPSA) is 24.7 Å². The van der Waals surface area contributed by atoms with Gasteiger partial charge in [-0.25, -0.2) is 0 Å². The molecule has 0 bridgehead atoms. The highest BCUT2D eigenvalue weighted by Gasteiger charge is 2.11. The molecule has 36 heavy (non-hydrogen) atoms. The molecule has 0 aliphatic heterocycles. The van der Waals surface area contributed by atoms with Crippen LogP contribution in [0.4, 0.5) is 11.4 Å². The molecule has 0 aliphatic carbocycles. The Labute approximate surface area is 221 Å². The van der Waals surface area contributed by atoms with E-state index >= 15 is 0 Å². The SMILES string of the molecule is C#CCCc1ccccc1N=C(CCCC)C(CC)=Nc1cc(CCCCC)cc(CCCCC)c1. The first-order chi connectivity index (χ1) is 17.6. The normalized spacial score (nSPS) is 12.1. The van der Waals surface area contributed by atoms with Gasteiger partial charge in [0.15, 0.2) is 0 Å². The molecule has 0 atom stereocenters. The molecule has 0 N–H and O–H groups in total. The predicted octanol–water partition coefficient (Wildman–Crippen LogP) is 10.2. The van der Waals surface area contributed by atoms with Crippen LogP contribution in [0.3, 0.4) is 0 Å². The van der Waals surface area contributed by atoms with E-state index in [-0.39, 0.29) is 0 Å². The van der Waals surface area contributed by atoms with Gasteiger partial charge in [0.05, 0.1) is 22.8 Å². The minimum absolute atomic E-state index is 0.733. The van der Waals surface area contributed by atoms with E-state index < -0.39 is 0 Å². The Bertz CT molecular complexity index is 978. The smallest absolute Gasteiger partial charge is 0.0666 e. The molecular weight excluding hydrogens is 436 g/mol. The lowest BCUT2D eigenvalue weighted by Gasteiger charge is -2.13. The number of para-hydroxylation sites is 1. The molecule has 0 aliphatic rings. The van der Waals surface area contributed by atoms with Crippen molar-refractivity contribution in [3.8, 4) is 12.3 Å². The number of hydrogen-bond acceptors (Lipinski definition) is 2. The second kappa shape index (κ2) is 17.7. The highest BCUT2D eigenvalue weighted by Crippen LogP contribution is 2.25. The maximum absolute atomic E-state index is 5.55. The lowest BCUT2D eigenvalue weighted by atomic mass is 9.99.